The topological polar surface area (TPSA) is 71.2 Å². The summed E-state index contributed by atoms with van der Waals surface area (Å²) in [6, 6.07) is 11.7. The van der Waals surface area contributed by atoms with E-state index < -0.39 is 0 Å². The second-order valence-corrected chi connectivity index (χ2v) is 7.84. The molecule has 3 aromatic rings. The molecule has 1 aliphatic rings. The zero-order valence-corrected chi connectivity index (χ0v) is 17.1. The van der Waals surface area contributed by atoms with Crippen LogP contribution < -0.4 is 11.1 Å². The van der Waals surface area contributed by atoms with Crippen molar-refractivity contribution in [2.24, 2.45) is 0 Å². The monoisotopic (exact) mass is 424 g/mol. The van der Waals surface area contributed by atoms with E-state index in [-0.39, 0.29) is 11.7 Å². The summed E-state index contributed by atoms with van der Waals surface area (Å²) in [7, 11) is 0. The third-order valence-electron chi connectivity index (χ3n) is 5.41. The van der Waals surface area contributed by atoms with Gasteiger partial charge in [0.2, 0.25) is 5.91 Å². The van der Waals surface area contributed by atoms with Crippen molar-refractivity contribution in [3.63, 3.8) is 0 Å². The molecule has 0 unspecified atom stereocenters. The van der Waals surface area contributed by atoms with Crippen molar-refractivity contribution in [3.8, 4) is 0 Å². The molecule has 2 aromatic carbocycles. The number of hydrogen-bond donors (Lipinski definition) is 2. The number of nitrogens with one attached hydrogen (secondary N) is 1. The molecular formula is C23H22ClFN4O. The molecule has 1 aliphatic heterocycles. The van der Waals surface area contributed by atoms with Crippen molar-refractivity contribution in [3.05, 3.63) is 77.3 Å². The third kappa shape index (κ3) is 4.54. The summed E-state index contributed by atoms with van der Waals surface area (Å²) in [5, 5.41) is 4.16. The van der Waals surface area contributed by atoms with Crippen LogP contribution in [-0.2, 0) is 4.79 Å². The molecule has 154 valence electrons. The Kier molecular flexibility index (Phi) is 5.86. The number of benzene rings is 2. The molecule has 1 aromatic heterocycles. The number of fused-ring (bicyclic) bond motifs is 1. The molecule has 30 heavy (non-hydrogen) atoms. The molecule has 0 aliphatic carbocycles. The fourth-order valence-corrected chi connectivity index (χ4v) is 4.03. The molecule has 1 saturated heterocycles. The molecule has 0 atom stereocenters. The molecule has 0 bridgehead atoms. The van der Waals surface area contributed by atoms with E-state index in [0.29, 0.717) is 22.3 Å². The first-order chi connectivity index (χ1) is 14.5. The molecular weight excluding hydrogens is 403 g/mol. The van der Waals surface area contributed by atoms with Gasteiger partial charge in [-0.2, -0.15) is 0 Å². The number of piperidine rings is 1. The lowest BCUT2D eigenvalue weighted by atomic mass is 9.87. The predicted octanol–water partition coefficient (Wildman–Crippen LogP) is 4.94. The minimum absolute atomic E-state index is 0.246. The van der Waals surface area contributed by atoms with Gasteiger partial charge in [-0.3, -0.25) is 9.78 Å². The maximum atomic E-state index is 13.7. The van der Waals surface area contributed by atoms with Gasteiger partial charge in [-0.05, 0) is 66.8 Å². The van der Waals surface area contributed by atoms with E-state index in [2.05, 4.69) is 15.2 Å². The van der Waals surface area contributed by atoms with Crippen LogP contribution in [0.3, 0.4) is 0 Å². The van der Waals surface area contributed by atoms with Crippen molar-refractivity contribution in [1.82, 2.24) is 9.88 Å². The van der Waals surface area contributed by atoms with Crippen LogP contribution in [0.4, 0.5) is 15.8 Å². The summed E-state index contributed by atoms with van der Waals surface area (Å²) >= 11 is 5.88. The lowest BCUT2D eigenvalue weighted by molar-refractivity contribution is -0.112. The Hall–Kier alpha value is -3.12. The first kappa shape index (κ1) is 20.2. The molecule has 4 rings (SSSR count). The van der Waals surface area contributed by atoms with Gasteiger partial charge in [-0.1, -0.05) is 11.6 Å². The van der Waals surface area contributed by atoms with E-state index in [0.717, 1.165) is 42.4 Å². The standard InChI is InChI=1S/C23H22ClFN4O/c24-16-1-3-22(20(26)13-16)28-23(30)8-12-29-10-6-15(7-11-29)18-5-9-27-21-4-2-17(25)14-19(18)21/h1-5,8-9,12-15H,6-7,10-11,26H2,(H,28,30)/b12-8+. The van der Waals surface area contributed by atoms with Gasteiger partial charge in [0.1, 0.15) is 5.82 Å². The second kappa shape index (κ2) is 8.71. The van der Waals surface area contributed by atoms with Crippen LogP contribution in [0.15, 0.2) is 60.9 Å². The molecule has 0 radical (unpaired) electrons. The first-order valence-corrected chi connectivity index (χ1v) is 10.2. The van der Waals surface area contributed by atoms with Crippen molar-refractivity contribution in [2.75, 3.05) is 24.1 Å². The van der Waals surface area contributed by atoms with Crippen molar-refractivity contribution in [2.45, 2.75) is 18.8 Å². The van der Waals surface area contributed by atoms with Crippen LogP contribution in [0.25, 0.3) is 10.9 Å². The highest BCUT2D eigenvalue weighted by atomic mass is 35.5. The number of aromatic nitrogens is 1. The summed E-state index contributed by atoms with van der Waals surface area (Å²) in [5.41, 5.74) is 8.77. The summed E-state index contributed by atoms with van der Waals surface area (Å²) in [6.07, 6.45) is 6.94. The van der Waals surface area contributed by atoms with Gasteiger partial charge in [0.05, 0.1) is 16.9 Å². The van der Waals surface area contributed by atoms with Crippen LogP contribution in [0.2, 0.25) is 5.02 Å². The zero-order valence-electron chi connectivity index (χ0n) is 16.3. The summed E-state index contributed by atoms with van der Waals surface area (Å²) < 4.78 is 13.7. The van der Waals surface area contributed by atoms with E-state index >= 15 is 0 Å². The lowest BCUT2D eigenvalue weighted by Gasteiger charge is -2.31. The second-order valence-electron chi connectivity index (χ2n) is 7.41. The van der Waals surface area contributed by atoms with E-state index in [4.69, 9.17) is 17.3 Å². The van der Waals surface area contributed by atoms with Gasteiger partial charge in [-0.15, -0.1) is 0 Å². The number of carbonyl (C=O) groups excluding carboxylic acids is 1. The van der Waals surface area contributed by atoms with Gasteiger partial charge in [0, 0.05) is 42.0 Å². The molecule has 1 amide bonds. The highest BCUT2D eigenvalue weighted by Crippen LogP contribution is 2.32. The van der Waals surface area contributed by atoms with E-state index in [9.17, 15) is 9.18 Å². The number of nitrogens with two attached hydrogens (primary N) is 1. The van der Waals surface area contributed by atoms with Gasteiger partial charge in [0.15, 0.2) is 0 Å². The number of likely N-dealkylation sites (tertiary alicyclic amines) is 1. The number of halogens is 2. The average Bonchev–Trinajstić information content (AvgIpc) is 2.74. The maximum Gasteiger partial charge on any atom is 0.249 e. The number of nitrogens with zero attached hydrogens (tertiary/aromatic N) is 2. The minimum atomic E-state index is -0.248. The highest BCUT2D eigenvalue weighted by molar-refractivity contribution is 6.31. The Labute approximate surface area is 179 Å². The van der Waals surface area contributed by atoms with Crippen LogP contribution in [0, 0.1) is 5.82 Å². The number of hydrogen-bond acceptors (Lipinski definition) is 4. The Bertz CT molecular complexity index is 1110. The van der Waals surface area contributed by atoms with Crippen molar-refractivity contribution >= 4 is 39.8 Å². The Morgan fingerprint density at radius 2 is 2.00 bits per heavy atom. The van der Waals surface area contributed by atoms with Gasteiger partial charge in [0.25, 0.3) is 0 Å². The van der Waals surface area contributed by atoms with Gasteiger partial charge in [-0.25, -0.2) is 4.39 Å². The zero-order chi connectivity index (χ0) is 21.1. The molecule has 7 heteroatoms. The lowest BCUT2D eigenvalue weighted by Crippen LogP contribution is -2.29. The van der Waals surface area contributed by atoms with Crippen LogP contribution in [0.1, 0.15) is 24.3 Å². The smallest absolute Gasteiger partial charge is 0.249 e. The minimum Gasteiger partial charge on any atom is -0.397 e. The highest BCUT2D eigenvalue weighted by Gasteiger charge is 2.21. The fourth-order valence-electron chi connectivity index (χ4n) is 3.85. The number of amides is 1. The Balaban J connectivity index is 1.37. The molecule has 1 fully saturated rings. The van der Waals surface area contributed by atoms with Gasteiger partial charge < -0.3 is 16.0 Å². The SMILES string of the molecule is Nc1cc(Cl)ccc1NC(=O)/C=C/N1CCC(c2ccnc3ccc(F)cc23)CC1. The van der Waals surface area contributed by atoms with Gasteiger partial charge >= 0.3 is 0 Å². The van der Waals surface area contributed by atoms with Crippen LogP contribution >= 0.6 is 11.6 Å². The Morgan fingerprint density at radius 3 is 2.77 bits per heavy atom. The predicted molar refractivity (Wildman–Crippen MR) is 119 cm³/mol. The maximum absolute atomic E-state index is 13.7. The number of carbonyl (C=O) groups is 1. The number of nitrogen functional groups attached to an aromatic ring is 1. The molecule has 0 saturated carbocycles. The van der Waals surface area contributed by atoms with E-state index in [1.807, 2.05) is 12.3 Å². The number of rotatable bonds is 4. The van der Waals surface area contributed by atoms with Crippen molar-refractivity contribution < 1.29 is 9.18 Å². The summed E-state index contributed by atoms with van der Waals surface area (Å²) in [6.45, 7) is 1.63. The third-order valence-corrected chi connectivity index (χ3v) is 5.65. The largest absolute Gasteiger partial charge is 0.397 e. The average molecular weight is 425 g/mol. The van der Waals surface area contributed by atoms with E-state index in [1.54, 1.807) is 36.5 Å². The molecule has 3 N–H and O–H groups in total. The number of anilines is 2. The van der Waals surface area contributed by atoms with Crippen LogP contribution in [-0.4, -0.2) is 28.9 Å². The first-order valence-electron chi connectivity index (χ1n) is 9.82. The summed E-state index contributed by atoms with van der Waals surface area (Å²) in [5.74, 6) is -0.157. The molecule has 0 spiro atoms. The number of pyridine rings is 1. The Morgan fingerprint density at radius 1 is 1.20 bits per heavy atom. The van der Waals surface area contributed by atoms with Crippen molar-refractivity contribution in [1.29, 1.82) is 0 Å². The van der Waals surface area contributed by atoms with E-state index in [1.165, 1.54) is 12.1 Å². The molecule has 5 nitrogen and oxygen atoms in total. The molecule has 2 heterocycles. The summed E-state index contributed by atoms with van der Waals surface area (Å²) in [4.78, 5) is 18.7. The normalized spacial score (nSPS) is 15.1. The quantitative estimate of drug-likeness (QED) is 0.459. The van der Waals surface area contributed by atoms with Crippen LogP contribution in [0.5, 0.6) is 0 Å². The fraction of sp³-hybridized carbons (Fsp3) is 0.217.